The van der Waals surface area contributed by atoms with E-state index in [0.29, 0.717) is 28.4 Å². The zero-order chi connectivity index (χ0) is 17.6. The lowest BCUT2D eigenvalue weighted by Crippen LogP contribution is -2.12. The lowest BCUT2D eigenvalue weighted by molar-refractivity contribution is 0.102. The Morgan fingerprint density at radius 2 is 1.72 bits per heavy atom. The summed E-state index contributed by atoms with van der Waals surface area (Å²) < 4.78 is 10.4. The molecule has 2 aromatic heterocycles. The van der Waals surface area contributed by atoms with E-state index in [-0.39, 0.29) is 5.91 Å². The van der Waals surface area contributed by atoms with Crippen LogP contribution in [0.25, 0.3) is 11.3 Å². The summed E-state index contributed by atoms with van der Waals surface area (Å²) >= 11 is 0. The molecule has 0 unspecified atom stereocenters. The first-order valence-electron chi connectivity index (χ1n) is 7.46. The number of rotatable bonds is 5. The molecular weight excluding hydrogens is 320 g/mol. The Morgan fingerprint density at radius 1 is 0.960 bits per heavy atom. The molecule has 0 atom stereocenters. The summed E-state index contributed by atoms with van der Waals surface area (Å²) in [6.45, 7) is 0. The third kappa shape index (κ3) is 3.72. The van der Waals surface area contributed by atoms with Crippen LogP contribution in [-0.2, 0) is 0 Å². The molecule has 0 aliphatic rings. The maximum atomic E-state index is 12.4. The molecule has 3 aromatic rings. The minimum Gasteiger partial charge on any atom is -0.493 e. The molecule has 0 fully saturated rings. The highest BCUT2D eigenvalue weighted by molar-refractivity contribution is 6.04. The first-order valence-corrected chi connectivity index (χ1v) is 7.46. The van der Waals surface area contributed by atoms with Crippen LogP contribution in [0, 0.1) is 0 Å². The van der Waals surface area contributed by atoms with E-state index in [0.717, 1.165) is 5.56 Å². The number of hydrogen-bond acceptors (Lipinski definition) is 6. The second kappa shape index (κ2) is 7.39. The molecule has 7 nitrogen and oxygen atoms in total. The number of carbonyl (C=O) groups excluding carboxylic acids is 1. The Morgan fingerprint density at radius 3 is 2.36 bits per heavy atom. The Balaban J connectivity index is 1.75. The fourth-order valence-corrected chi connectivity index (χ4v) is 2.25. The number of methoxy groups -OCH3 is 2. The van der Waals surface area contributed by atoms with Gasteiger partial charge in [0.1, 0.15) is 6.33 Å². The Hall–Kier alpha value is -3.48. The number of carbonyl (C=O) groups is 1. The Labute approximate surface area is 144 Å². The number of hydrogen-bond donors (Lipinski definition) is 1. The topological polar surface area (TPSA) is 86.2 Å². The number of nitrogens with one attached hydrogen (secondary N) is 1. The van der Waals surface area contributed by atoms with E-state index in [1.165, 1.54) is 12.5 Å². The smallest absolute Gasteiger partial charge is 0.257 e. The van der Waals surface area contributed by atoms with Gasteiger partial charge >= 0.3 is 0 Å². The van der Waals surface area contributed by atoms with Crippen molar-refractivity contribution in [2.45, 2.75) is 0 Å². The molecule has 0 aliphatic carbocycles. The van der Waals surface area contributed by atoms with Crippen molar-refractivity contribution >= 4 is 11.6 Å². The molecule has 0 saturated carbocycles. The van der Waals surface area contributed by atoms with Gasteiger partial charge in [0.05, 0.1) is 25.5 Å². The van der Waals surface area contributed by atoms with E-state index in [1.807, 2.05) is 0 Å². The van der Waals surface area contributed by atoms with E-state index >= 15 is 0 Å². The first-order chi connectivity index (χ1) is 12.2. The van der Waals surface area contributed by atoms with Crippen molar-refractivity contribution in [3.05, 3.63) is 60.8 Å². The lowest BCUT2D eigenvalue weighted by atomic mass is 10.2. The van der Waals surface area contributed by atoms with Gasteiger partial charge in [-0.2, -0.15) is 0 Å². The predicted octanol–water partition coefficient (Wildman–Crippen LogP) is 2.81. The van der Waals surface area contributed by atoms with E-state index in [2.05, 4.69) is 20.3 Å². The standard InChI is InChI=1S/C18H16N4O3/c1-24-16-6-4-14(7-17(16)25-2)22-18(23)12-3-5-15(21-10-12)13-8-19-11-20-9-13/h3-11H,1-2H3,(H,22,23). The average Bonchev–Trinajstić information content (AvgIpc) is 2.68. The molecule has 0 aliphatic heterocycles. The molecule has 25 heavy (non-hydrogen) atoms. The van der Waals surface area contributed by atoms with Gasteiger partial charge in [0.25, 0.3) is 5.91 Å². The van der Waals surface area contributed by atoms with Crippen LogP contribution in [0.2, 0.25) is 0 Å². The van der Waals surface area contributed by atoms with Crippen molar-refractivity contribution in [2.24, 2.45) is 0 Å². The third-order valence-electron chi connectivity index (χ3n) is 3.52. The molecule has 7 heteroatoms. The monoisotopic (exact) mass is 336 g/mol. The number of nitrogens with zero attached hydrogens (tertiary/aromatic N) is 3. The molecule has 3 rings (SSSR count). The summed E-state index contributed by atoms with van der Waals surface area (Å²) in [5.74, 6) is 0.866. The van der Waals surface area contributed by atoms with Gasteiger partial charge in [-0.25, -0.2) is 9.97 Å². The Kier molecular flexibility index (Phi) is 4.84. The van der Waals surface area contributed by atoms with Gasteiger partial charge in [0, 0.05) is 35.9 Å². The second-order valence-electron chi connectivity index (χ2n) is 5.08. The SMILES string of the molecule is COc1ccc(NC(=O)c2ccc(-c3cncnc3)nc2)cc1OC. The number of pyridine rings is 1. The first kappa shape index (κ1) is 16.4. The normalized spacial score (nSPS) is 10.2. The molecule has 0 bridgehead atoms. The molecule has 0 saturated heterocycles. The number of amides is 1. The summed E-state index contributed by atoms with van der Waals surface area (Å²) in [7, 11) is 3.10. The van der Waals surface area contributed by atoms with E-state index in [4.69, 9.17) is 9.47 Å². The number of aromatic nitrogens is 3. The van der Waals surface area contributed by atoms with Crippen LogP contribution in [0.3, 0.4) is 0 Å². The van der Waals surface area contributed by atoms with Crippen LogP contribution < -0.4 is 14.8 Å². The van der Waals surface area contributed by atoms with Crippen molar-refractivity contribution in [2.75, 3.05) is 19.5 Å². The fourth-order valence-electron chi connectivity index (χ4n) is 2.25. The highest BCUT2D eigenvalue weighted by Crippen LogP contribution is 2.29. The minimum absolute atomic E-state index is 0.268. The molecule has 2 heterocycles. The number of ether oxygens (including phenoxy) is 2. The van der Waals surface area contributed by atoms with Crippen LogP contribution in [0.5, 0.6) is 11.5 Å². The highest BCUT2D eigenvalue weighted by Gasteiger charge is 2.10. The lowest BCUT2D eigenvalue weighted by Gasteiger charge is -2.10. The summed E-state index contributed by atoms with van der Waals surface area (Å²) in [5.41, 5.74) is 2.52. The van der Waals surface area contributed by atoms with Crippen LogP contribution in [0.15, 0.2) is 55.2 Å². The van der Waals surface area contributed by atoms with E-state index in [9.17, 15) is 4.79 Å². The van der Waals surface area contributed by atoms with E-state index in [1.54, 1.807) is 56.9 Å². The molecule has 1 amide bonds. The zero-order valence-corrected chi connectivity index (χ0v) is 13.8. The predicted molar refractivity (Wildman–Crippen MR) is 92.8 cm³/mol. The van der Waals surface area contributed by atoms with Crippen LogP contribution in [-0.4, -0.2) is 35.1 Å². The van der Waals surface area contributed by atoms with Crippen molar-refractivity contribution in [1.29, 1.82) is 0 Å². The summed E-state index contributed by atoms with van der Waals surface area (Å²) in [4.78, 5) is 24.6. The van der Waals surface area contributed by atoms with Gasteiger partial charge < -0.3 is 14.8 Å². The maximum absolute atomic E-state index is 12.4. The largest absolute Gasteiger partial charge is 0.493 e. The van der Waals surface area contributed by atoms with E-state index < -0.39 is 0 Å². The number of benzene rings is 1. The Bertz CT molecular complexity index is 867. The van der Waals surface area contributed by atoms with Gasteiger partial charge in [-0.15, -0.1) is 0 Å². The molecule has 126 valence electrons. The highest BCUT2D eigenvalue weighted by atomic mass is 16.5. The van der Waals surface area contributed by atoms with Crippen molar-refractivity contribution in [3.8, 4) is 22.8 Å². The molecule has 0 radical (unpaired) electrons. The molecule has 1 N–H and O–H groups in total. The van der Waals surface area contributed by atoms with Crippen molar-refractivity contribution in [1.82, 2.24) is 15.0 Å². The number of anilines is 1. The van der Waals surface area contributed by atoms with Crippen LogP contribution >= 0.6 is 0 Å². The van der Waals surface area contributed by atoms with Crippen LogP contribution in [0.1, 0.15) is 10.4 Å². The summed E-state index contributed by atoms with van der Waals surface area (Å²) in [6.07, 6.45) is 6.30. The molecular formula is C18H16N4O3. The summed E-state index contributed by atoms with van der Waals surface area (Å²) in [6, 6.07) is 8.61. The van der Waals surface area contributed by atoms with Gasteiger partial charge in [-0.3, -0.25) is 9.78 Å². The maximum Gasteiger partial charge on any atom is 0.257 e. The third-order valence-corrected chi connectivity index (χ3v) is 3.52. The quantitative estimate of drug-likeness (QED) is 0.771. The summed E-state index contributed by atoms with van der Waals surface area (Å²) in [5, 5.41) is 2.80. The zero-order valence-electron chi connectivity index (χ0n) is 13.8. The van der Waals surface area contributed by atoms with Gasteiger partial charge in [-0.1, -0.05) is 0 Å². The fraction of sp³-hybridized carbons (Fsp3) is 0.111. The van der Waals surface area contributed by atoms with Gasteiger partial charge in [0.15, 0.2) is 11.5 Å². The van der Waals surface area contributed by atoms with Crippen LogP contribution in [0.4, 0.5) is 5.69 Å². The van der Waals surface area contributed by atoms with Crippen molar-refractivity contribution < 1.29 is 14.3 Å². The minimum atomic E-state index is -0.268. The average molecular weight is 336 g/mol. The second-order valence-corrected chi connectivity index (χ2v) is 5.08. The molecule has 1 aromatic carbocycles. The van der Waals surface area contributed by atoms with Gasteiger partial charge in [-0.05, 0) is 24.3 Å². The van der Waals surface area contributed by atoms with Gasteiger partial charge in [0.2, 0.25) is 0 Å². The molecule has 0 spiro atoms. The van der Waals surface area contributed by atoms with Crippen molar-refractivity contribution in [3.63, 3.8) is 0 Å².